The molecule has 4 rings (SSSR count). The zero-order valence-electron chi connectivity index (χ0n) is 21.3. The first-order valence-corrected chi connectivity index (χ1v) is 11.3. The maximum Gasteiger partial charge on any atom is 0.151 e. The lowest BCUT2D eigenvalue weighted by atomic mass is 9.86. The monoisotopic (exact) mass is 443 g/mol. The molecule has 172 valence electrons. The van der Waals surface area contributed by atoms with E-state index in [0.717, 1.165) is 55.5 Å². The van der Waals surface area contributed by atoms with Gasteiger partial charge in [-0.2, -0.15) is 0 Å². The Morgan fingerprint density at radius 2 is 1.00 bits per heavy atom. The van der Waals surface area contributed by atoms with Crippen LogP contribution in [0.3, 0.4) is 0 Å². The van der Waals surface area contributed by atoms with Gasteiger partial charge in [0.05, 0.1) is 0 Å². The molecule has 3 aromatic carbocycles. The van der Waals surface area contributed by atoms with Gasteiger partial charge in [0.2, 0.25) is 0 Å². The Morgan fingerprint density at radius 3 is 1.52 bits per heavy atom. The lowest BCUT2D eigenvalue weighted by molar-refractivity contribution is 0.463. The zero-order valence-corrected chi connectivity index (χ0v) is 21.3. The summed E-state index contributed by atoms with van der Waals surface area (Å²) in [5, 5.41) is 32.2. The van der Waals surface area contributed by atoms with Crippen LogP contribution < -0.4 is 0 Å². The molecule has 0 saturated heterocycles. The van der Waals surface area contributed by atoms with Crippen LogP contribution in [0.25, 0.3) is 27.8 Å². The molecular weight excluding hydrogens is 410 g/mol. The van der Waals surface area contributed by atoms with Crippen molar-refractivity contribution in [3.8, 4) is 28.3 Å². The van der Waals surface area contributed by atoms with Gasteiger partial charge in [0.25, 0.3) is 0 Å². The second kappa shape index (κ2) is 7.62. The third-order valence-electron chi connectivity index (χ3n) is 7.92. The van der Waals surface area contributed by atoms with Crippen molar-refractivity contribution in [3.63, 3.8) is 0 Å². The molecule has 2 N–H and O–H groups in total. The van der Waals surface area contributed by atoms with E-state index >= 15 is 0 Å². The highest BCUT2D eigenvalue weighted by atomic mass is 16.3. The molecule has 0 fully saturated rings. The summed E-state index contributed by atoms with van der Waals surface area (Å²) in [6.07, 6.45) is 0. The minimum Gasteiger partial charge on any atom is -0.507 e. The van der Waals surface area contributed by atoms with E-state index in [1.807, 2.05) is 41.5 Å². The highest BCUT2D eigenvalue weighted by molar-refractivity contribution is 5.88. The summed E-state index contributed by atoms with van der Waals surface area (Å²) in [4.78, 5) is 1.57. The first-order valence-electron chi connectivity index (χ1n) is 11.3. The van der Waals surface area contributed by atoms with Crippen molar-refractivity contribution in [1.29, 1.82) is 0 Å². The van der Waals surface area contributed by atoms with Crippen molar-refractivity contribution in [2.75, 3.05) is 0 Å². The molecule has 0 aliphatic heterocycles. The average Bonchev–Trinajstić information content (AvgIpc) is 3.20. The first kappa shape index (κ1) is 22.8. The molecule has 0 radical (unpaired) electrons. The van der Waals surface area contributed by atoms with Crippen molar-refractivity contribution in [2.45, 2.75) is 69.2 Å². The van der Waals surface area contributed by atoms with Gasteiger partial charge in [-0.1, -0.05) is 0 Å². The van der Waals surface area contributed by atoms with E-state index in [2.05, 4.69) is 27.7 Å². The van der Waals surface area contributed by atoms with Gasteiger partial charge in [-0.05, 0) is 131 Å². The molecule has 5 nitrogen and oxygen atoms in total. The minimum absolute atomic E-state index is 0.0845. The summed E-state index contributed by atoms with van der Waals surface area (Å²) in [6.45, 7) is 20.4. The highest BCUT2D eigenvalue weighted by Gasteiger charge is 2.26. The summed E-state index contributed by atoms with van der Waals surface area (Å²) in [6, 6.07) is 1.77. The summed E-state index contributed by atoms with van der Waals surface area (Å²) >= 11 is 0. The van der Waals surface area contributed by atoms with E-state index in [-0.39, 0.29) is 11.5 Å². The Balaban J connectivity index is 2.12. The van der Waals surface area contributed by atoms with E-state index < -0.39 is 0 Å². The number of fused-ring (bicyclic) bond motifs is 1. The average molecular weight is 444 g/mol. The Labute approximate surface area is 195 Å². The Morgan fingerprint density at radius 1 is 0.545 bits per heavy atom. The molecule has 1 aromatic heterocycles. The summed E-state index contributed by atoms with van der Waals surface area (Å²) in [5.74, 6) is 0.251. The van der Waals surface area contributed by atoms with Gasteiger partial charge in [-0.15, -0.1) is 15.0 Å². The molecule has 1 heterocycles. The van der Waals surface area contributed by atoms with Crippen molar-refractivity contribution in [1.82, 2.24) is 15.0 Å². The van der Waals surface area contributed by atoms with Crippen LogP contribution in [0.2, 0.25) is 0 Å². The van der Waals surface area contributed by atoms with Crippen molar-refractivity contribution < 1.29 is 10.2 Å². The van der Waals surface area contributed by atoms with Crippen molar-refractivity contribution in [3.05, 3.63) is 61.7 Å². The summed E-state index contributed by atoms with van der Waals surface area (Å²) in [5.41, 5.74) is 14.1. The lowest BCUT2D eigenvalue weighted by Crippen LogP contribution is -2.07. The number of benzene rings is 3. The molecule has 0 saturated carbocycles. The smallest absolute Gasteiger partial charge is 0.151 e. The number of hydrogen-bond donors (Lipinski definition) is 2. The van der Waals surface area contributed by atoms with Gasteiger partial charge in [0.1, 0.15) is 22.5 Å². The Kier molecular flexibility index (Phi) is 5.27. The molecule has 4 aromatic rings. The fraction of sp³-hybridized carbons (Fsp3) is 0.357. The topological polar surface area (TPSA) is 71.2 Å². The van der Waals surface area contributed by atoms with Crippen LogP contribution in [0.15, 0.2) is 6.07 Å². The number of aryl methyl sites for hydroxylation is 3. The number of phenolic OH excluding ortho intramolecular Hbond substituents is 2. The van der Waals surface area contributed by atoms with Crippen LogP contribution in [0, 0.1) is 69.2 Å². The van der Waals surface area contributed by atoms with Crippen LogP contribution in [0.1, 0.15) is 55.6 Å². The quantitative estimate of drug-likeness (QED) is 0.367. The molecular formula is C28H33N3O2. The lowest BCUT2D eigenvalue weighted by Gasteiger charge is -2.21. The van der Waals surface area contributed by atoms with Crippen LogP contribution in [0.5, 0.6) is 11.5 Å². The highest BCUT2D eigenvalue weighted by Crippen LogP contribution is 2.46. The normalized spacial score (nSPS) is 11.6. The fourth-order valence-electron chi connectivity index (χ4n) is 4.88. The van der Waals surface area contributed by atoms with Gasteiger partial charge >= 0.3 is 0 Å². The molecule has 0 spiro atoms. The number of phenols is 2. The Hall–Kier alpha value is -3.34. The third kappa shape index (κ3) is 3.13. The van der Waals surface area contributed by atoms with Gasteiger partial charge < -0.3 is 10.2 Å². The maximum absolute atomic E-state index is 11.7. The SMILES string of the molecule is Cc1cc(O)c(-c2c(C)c(C)c(C)c(-n3nc4c(C)c(C)c(C)c(C)c4n3)c2O)c(C)c1C. The molecule has 33 heavy (non-hydrogen) atoms. The van der Waals surface area contributed by atoms with Crippen LogP contribution in [-0.2, 0) is 0 Å². The number of aromatic nitrogens is 3. The number of rotatable bonds is 2. The van der Waals surface area contributed by atoms with Gasteiger partial charge in [0, 0.05) is 11.1 Å². The van der Waals surface area contributed by atoms with E-state index in [1.165, 1.54) is 11.1 Å². The second-order valence-corrected chi connectivity index (χ2v) is 9.47. The molecule has 0 bridgehead atoms. The van der Waals surface area contributed by atoms with Crippen LogP contribution in [-0.4, -0.2) is 25.2 Å². The molecule has 0 aliphatic rings. The predicted molar refractivity (Wildman–Crippen MR) is 135 cm³/mol. The van der Waals surface area contributed by atoms with Crippen molar-refractivity contribution >= 4 is 11.0 Å². The zero-order chi connectivity index (χ0) is 24.5. The summed E-state index contributed by atoms with van der Waals surface area (Å²) in [7, 11) is 0. The van der Waals surface area contributed by atoms with Gasteiger partial charge in [0.15, 0.2) is 5.75 Å². The van der Waals surface area contributed by atoms with Gasteiger partial charge in [-0.3, -0.25) is 0 Å². The maximum atomic E-state index is 11.7. The van der Waals surface area contributed by atoms with E-state index in [9.17, 15) is 10.2 Å². The third-order valence-corrected chi connectivity index (χ3v) is 7.92. The van der Waals surface area contributed by atoms with Gasteiger partial charge in [-0.25, -0.2) is 0 Å². The minimum atomic E-state index is 0.0845. The van der Waals surface area contributed by atoms with Crippen molar-refractivity contribution in [2.24, 2.45) is 0 Å². The van der Waals surface area contributed by atoms with E-state index in [1.54, 1.807) is 10.9 Å². The second-order valence-electron chi connectivity index (χ2n) is 9.47. The Bertz CT molecular complexity index is 1430. The molecule has 0 aliphatic carbocycles. The first-order chi connectivity index (χ1) is 15.4. The fourth-order valence-corrected chi connectivity index (χ4v) is 4.88. The van der Waals surface area contributed by atoms with Crippen LogP contribution >= 0.6 is 0 Å². The number of nitrogens with zero attached hydrogens (tertiary/aromatic N) is 3. The largest absolute Gasteiger partial charge is 0.507 e. The standard InChI is InChI=1S/C28H33N3O2/c1-12-11-22(32)23(17(6)13(12)2)24-18(7)16(5)21(10)27(28(24)33)31-29-25-19(8)14(3)15(4)20(9)26(25)30-31/h11,32-33H,1-10H3. The molecule has 0 amide bonds. The predicted octanol–water partition coefficient (Wildman–Crippen LogP) is 6.58. The summed E-state index contributed by atoms with van der Waals surface area (Å²) < 4.78 is 0. The van der Waals surface area contributed by atoms with Crippen LogP contribution in [0.4, 0.5) is 0 Å². The van der Waals surface area contributed by atoms with E-state index in [0.29, 0.717) is 16.8 Å². The molecule has 5 heteroatoms. The molecule has 0 unspecified atom stereocenters. The number of hydrogen-bond acceptors (Lipinski definition) is 4. The van der Waals surface area contributed by atoms with E-state index in [4.69, 9.17) is 10.2 Å². The molecule has 0 atom stereocenters. The number of aromatic hydroxyl groups is 2.